The Kier molecular flexibility index (Phi) is 7.45. The van der Waals surface area contributed by atoms with Crippen molar-refractivity contribution in [2.75, 3.05) is 46.3 Å². The second-order valence-electron chi connectivity index (χ2n) is 5.29. The van der Waals surface area contributed by atoms with E-state index in [1.165, 1.54) is 12.8 Å². The molecule has 1 aliphatic heterocycles. The maximum Gasteiger partial charge on any atom is 0.237 e. The highest BCUT2D eigenvalue weighted by atomic mass is 16.2. The molecule has 4 nitrogen and oxygen atoms in total. The van der Waals surface area contributed by atoms with Crippen LogP contribution in [-0.2, 0) is 4.79 Å². The summed E-state index contributed by atoms with van der Waals surface area (Å²) in [6, 6.07) is 0. The third-order valence-electron chi connectivity index (χ3n) is 3.43. The molecule has 0 spiro atoms. The van der Waals surface area contributed by atoms with E-state index in [9.17, 15) is 4.79 Å². The van der Waals surface area contributed by atoms with Crippen LogP contribution in [0.5, 0.6) is 0 Å². The van der Waals surface area contributed by atoms with E-state index in [2.05, 4.69) is 23.4 Å². The standard InChI is InChI=1S/C15H27N3O/c1-4-9-18(10-5-2)15(19)13-17(3)12-14-7-6-8-16-11-14/h4-5,14,16H,1-2,6-13H2,3H3. The maximum absolute atomic E-state index is 12.1. The fourth-order valence-electron chi connectivity index (χ4n) is 2.51. The second-order valence-corrected chi connectivity index (χ2v) is 5.29. The summed E-state index contributed by atoms with van der Waals surface area (Å²) in [5, 5.41) is 3.41. The lowest BCUT2D eigenvalue weighted by Gasteiger charge is -2.28. The molecule has 1 N–H and O–H groups in total. The van der Waals surface area contributed by atoms with Gasteiger partial charge in [-0.2, -0.15) is 0 Å². The number of carbonyl (C=O) groups is 1. The third-order valence-corrected chi connectivity index (χ3v) is 3.43. The molecule has 0 radical (unpaired) electrons. The first-order valence-corrected chi connectivity index (χ1v) is 7.06. The lowest BCUT2D eigenvalue weighted by Crippen LogP contribution is -2.42. The molecule has 1 fully saturated rings. The number of carbonyl (C=O) groups excluding carboxylic acids is 1. The summed E-state index contributed by atoms with van der Waals surface area (Å²) in [6.45, 7) is 12.2. The van der Waals surface area contributed by atoms with Crippen LogP contribution >= 0.6 is 0 Å². The average molecular weight is 265 g/mol. The summed E-state index contributed by atoms with van der Waals surface area (Å²) < 4.78 is 0. The topological polar surface area (TPSA) is 35.6 Å². The van der Waals surface area contributed by atoms with Gasteiger partial charge in [0.2, 0.25) is 5.91 Å². The van der Waals surface area contributed by atoms with E-state index in [0.717, 1.165) is 19.6 Å². The Hall–Kier alpha value is -1.13. The van der Waals surface area contributed by atoms with Gasteiger partial charge in [-0.3, -0.25) is 9.69 Å². The van der Waals surface area contributed by atoms with Crippen molar-refractivity contribution >= 4 is 5.91 Å². The molecule has 1 amide bonds. The number of amides is 1. The van der Waals surface area contributed by atoms with Crippen molar-refractivity contribution in [3.05, 3.63) is 25.3 Å². The van der Waals surface area contributed by atoms with Gasteiger partial charge in [-0.1, -0.05) is 12.2 Å². The van der Waals surface area contributed by atoms with Gasteiger partial charge in [-0.15, -0.1) is 13.2 Å². The van der Waals surface area contributed by atoms with Crippen LogP contribution < -0.4 is 5.32 Å². The van der Waals surface area contributed by atoms with Gasteiger partial charge < -0.3 is 10.2 Å². The van der Waals surface area contributed by atoms with Crippen LogP contribution in [0.25, 0.3) is 0 Å². The average Bonchev–Trinajstić information content (AvgIpc) is 2.39. The molecule has 19 heavy (non-hydrogen) atoms. The van der Waals surface area contributed by atoms with Crippen LogP contribution in [0.4, 0.5) is 0 Å². The molecular formula is C15H27N3O. The quantitative estimate of drug-likeness (QED) is 0.668. The summed E-state index contributed by atoms with van der Waals surface area (Å²) >= 11 is 0. The first-order chi connectivity index (χ1) is 9.17. The van der Waals surface area contributed by atoms with Gasteiger partial charge in [0.05, 0.1) is 6.54 Å². The van der Waals surface area contributed by atoms with E-state index in [1.807, 2.05) is 7.05 Å². The second kappa shape index (κ2) is 8.88. The smallest absolute Gasteiger partial charge is 0.237 e. The lowest BCUT2D eigenvalue weighted by atomic mass is 9.99. The molecule has 0 saturated carbocycles. The zero-order chi connectivity index (χ0) is 14.1. The molecule has 0 aliphatic carbocycles. The number of nitrogens with zero attached hydrogens (tertiary/aromatic N) is 2. The van der Waals surface area contributed by atoms with E-state index in [-0.39, 0.29) is 5.91 Å². The molecule has 0 aromatic carbocycles. The Morgan fingerprint density at radius 3 is 2.58 bits per heavy atom. The zero-order valence-electron chi connectivity index (χ0n) is 12.1. The highest BCUT2D eigenvalue weighted by Crippen LogP contribution is 2.11. The number of rotatable bonds is 8. The molecule has 4 heteroatoms. The Balaban J connectivity index is 2.35. The van der Waals surface area contributed by atoms with E-state index in [4.69, 9.17) is 0 Å². The fraction of sp³-hybridized carbons (Fsp3) is 0.667. The van der Waals surface area contributed by atoms with Gasteiger partial charge in [0, 0.05) is 19.6 Å². The van der Waals surface area contributed by atoms with E-state index in [0.29, 0.717) is 25.6 Å². The van der Waals surface area contributed by atoms with E-state index in [1.54, 1.807) is 17.1 Å². The van der Waals surface area contributed by atoms with Gasteiger partial charge in [0.15, 0.2) is 0 Å². The van der Waals surface area contributed by atoms with Crippen LogP contribution in [0, 0.1) is 5.92 Å². The van der Waals surface area contributed by atoms with Crippen molar-refractivity contribution < 1.29 is 4.79 Å². The summed E-state index contributed by atoms with van der Waals surface area (Å²) in [5.74, 6) is 0.810. The minimum absolute atomic E-state index is 0.145. The van der Waals surface area contributed by atoms with Crippen LogP contribution in [0.15, 0.2) is 25.3 Å². The SMILES string of the molecule is C=CCN(CC=C)C(=O)CN(C)CC1CCCNC1. The highest BCUT2D eigenvalue weighted by Gasteiger charge is 2.18. The third kappa shape index (κ3) is 6.03. The van der Waals surface area contributed by atoms with Crippen molar-refractivity contribution in [3.8, 4) is 0 Å². The number of hydrogen-bond acceptors (Lipinski definition) is 3. The first kappa shape index (κ1) is 15.9. The summed E-state index contributed by atoms with van der Waals surface area (Å²) in [6.07, 6.45) is 6.01. The largest absolute Gasteiger partial charge is 0.334 e. The summed E-state index contributed by atoms with van der Waals surface area (Å²) in [5.41, 5.74) is 0. The molecule has 0 aromatic heterocycles. The van der Waals surface area contributed by atoms with Crippen molar-refractivity contribution in [3.63, 3.8) is 0 Å². The van der Waals surface area contributed by atoms with Crippen LogP contribution in [0.2, 0.25) is 0 Å². The van der Waals surface area contributed by atoms with Crippen molar-refractivity contribution in [2.45, 2.75) is 12.8 Å². The molecular weight excluding hydrogens is 238 g/mol. The molecule has 1 aliphatic rings. The van der Waals surface area contributed by atoms with Gasteiger partial charge in [-0.25, -0.2) is 0 Å². The monoisotopic (exact) mass is 265 g/mol. The number of nitrogens with one attached hydrogen (secondary N) is 1. The number of hydrogen-bond donors (Lipinski definition) is 1. The maximum atomic E-state index is 12.1. The summed E-state index contributed by atoms with van der Waals surface area (Å²) in [4.78, 5) is 16.0. The number of piperidine rings is 1. The number of likely N-dealkylation sites (N-methyl/N-ethyl adjacent to an activating group) is 1. The normalized spacial score (nSPS) is 19.2. The Morgan fingerprint density at radius 1 is 1.37 bits per heavy atom. The predicted octanol–water partition coefficient (Wildman–Crippen LogP) is 1.12. The molecule has 0 bridgehead atoms. The highest BCUT2D eigenvalue weighted by molar-refractivity contribution is 5.78. The molecule has 1 rings (SSSR count). The Morgan fingerprint density at radius 2 is 2.05 bits per heavy atom. The molecule has 108 valence electrons. The summed E-state index contributed by atoms with van der Waals surface area (Å²) in [7, 11) is 2.02. The van der Waals surface area contributed by atoms with Gasteiger partial charge >= 0.3 is 0 Å². The van der Waals surface area contributed by atoms with Crippen LogP contribution in [0.3, 0.4) is 0 Å². The van der Waals surface area contributed by atoms with Crippen molar-refractivity contribution in [1.29, 1.82) is 0 Å². The fourth-order valence-corrected chi connectivity index (χ4v) is 2.51. The molecule has 1 heterocycles. The van der Waals surface area contributed by atoms with Crippen LogP contribution in [0.1, 0.15) is 12.8 Å². The van der Waals surface area contributed by atoms with Gasteiger partial charge in [0.1, 0.15) is 0 Å². The molecule has 0 aromatic rings. The Labute approximate surface area is 117 Å². The van der Waals surface area contributed by atoms with E-state index >= 15 is 0 Å². The van der Waals surface area contributed by atoms with E-state index < -0.39 is 0 Å². The molecule has 1 atom stereocenters. The minimum atomic E-state index is 0.145. The molecule has 1 saturated heterocycles. The first-order valence-electron chi connectivity index (χ1n) is 7.06. The van der Waals surface area contributed by atoms with Gasteiger partial charge in [0.25, 0.3) is 0 Å². The minimum Gasteiger partial charge on any atom is -0.334 e. The molecule has 1 unspecified atom stereocenters. The zero-order valence-corrected chi connectivity index (χ0v) is 12.1. The van der Waals surface area contributed by atoms with Crippen LogP contribution in [-0.4, -0.2) is 62.0 Å². The Bertz CT molecular complexity index is 288. The van der Waals surface area contributed by atoms with Gasteiger partial charge in [-0.05, 0) is 38.9 Å². The lowest BCUT2D eigenvalue weighted by molar-refractivity contribution is -0.131. The van der Waals surface area contributed by atoms with Crippen molar-refractivity contribution in [1.82, 2.24) is 15.1 Å². The van der Waals surface area contributed by atoms with Crippen molar-refractivity contribution in [2.24, 2.45) is 5.92 Å². The predicted molar refractivity (Wildman–Crippen MR) is 80.1 cm³/mol.